The lowest BCUT2D eigenvalue weighted by molar-refractivity contribution is 0.223. The van der Waals surface area contributed by atoms with Crippen LogP contribution < -0.4 is 5.69 Å². The number of fused-ring (bicyclic) bond motifs is 1. The molecule has 21 heavy (non-hydrogen) atoms. The van der Waals surface area contributed by atoms with Gasteiger partial charge in [-0.25, -0.2) is 4.79 Å². The summed E-state index contributed by atoms with van der Waals surface area (Å²) < 4.78 is 0. The first kappa shape index (κ1) is 14.7. The second-order valence-corrected chi connectivity index (χ2v) is 7.35. The maximum atomic E-state index is 11.4. The summed E-state index contributed by atoms with van der Waals surface area (Å²) in [5.41, 5.74) is 2.87. The lowest BCUT2D eigenvalue weighted by Crippen LogP contribution is -2.24. The fourth-order valence-corrected chi connectivity index (χ4v) is 4.46. The third kappa shape index (κ3) is 2.76. The molecule has 2 N–H and O–H groups in total. The van der Waals surface area contributed by atoms with Crippen molar-refractivity contribution in [2.24, 2.45) is 11.3 Å². The van der Waals surface area contributed by atoms with E-state index in [1.807, 2.05) is 12.1 Å². The van der Waals surface area contributed by atoms with Crippen LogP contribution in [0.4, 0.5) is 0 Å². The Kier molecular flexibility index (Phi) is 3.87. The van der Waals surface area contributed by atoms with Crippen molar-refractivity contribution in [1.82, 2.24) is 9.97 Å². The molecule has 1 unspecified atom stereocenters. The van der Waals surface area contributed by atoms with Gasteiger partial charge < -0.3 is 9.97 Å². The Morgan fingerprint density at radius 3 is 2.52 bits per heavy atom. The average Bonchev–Trinajstić information content (AvgIpc) is 3.02. The maximum absolute atomic E-state index is 11.4. The van der Waals surface area contributed by atoms with Gasteiger partial charge in [-0.2, -0.15) is 0 Å². The summed E-state index contributed by atoms with van der Waals surface area (Å²) in [7, 11) is 0. The molecule has 0 spiro atoms. The van der Waals surface area contributed by atoms with E-state index in [9.17, 15) is 4.79 Å². The first-order valence-corrected chi connectivity index (χ1v) is 8.30. The Morgan fingerprint density at radius 2 is 1.86 bits per heavy atom. The number of nitrogens with one attached hydrogen (secondary N) is 2. The Labute approximate surface area is 130 Å². The van der Waals surface area contributed by atoms with Crippen molar-refractivity contribution in [2.45, 2.75) is 51.3 Å². The van der Waals surface area contributed by atoms with Gasteiger partial charge in [0, 0.05) is 0 Å². The monoisotopic (exact) mass is 306 g/mol. The number of alkyl halides is 1. The Morgan fingerprint density at radius 1 is 1.19 bits per heavy atom. The SMILES string of the molecule is CC(C)CC1(C(Cl)c2ccc3[nH]c(=O)[nH]c3c2)CCCC1. The van der Waals surface area contributed by atoms with Gasteiger partial charge in [0.05, 0.1) is 16.4 Å². The Hall–Kier alpha value is -1.22. The molecule has 1 atom stereocenters. The summed E-state index contributed by atoms with van der Waals surface area (Å²) >= 11 is 6.92. The van der Waals surface area contributed by atoms with E-state index in [1.54, 1.807) is 0 Å². The maximum Gasteiger partial charge on any atom is 0.323 e. The fraction of sp³-hybridized carbons (Fsp3) is 0.588. The van der Waals surface area contributed by atoms with Gasteiger partial charge in [-0.15, -0.1) is 11.6 Å². The van der Waals surface area contributed by atoms with Crippen LogP contribution in [0.5, 0.6) is 0 Å². The van der Waals surface area contributed by atoms with Crippen LogP contribution in [0, 0.1) is 11.3 Å². The largest absolute Gasteiger partial charge is 0.323 e. The number of aromatic amines is 2. The molecule has 3 rings (SSSR count). The molecule has 0 saturated heterocycles. The van der Waals surface area contributed by atoms with Crippen LogP contribution in [-0.2, 0) is 0 Å². The number of rotatable bonds is 4. The molecule has 2 aromatic rings. The second-order valence-electron chi connectivity index (χ2n) is 6.91. The summed E-state index contributed by atoms with van der Waals surface area (Å²) in [6, 6.07) is 6.05. The van der Waals surface area contributed by atoms with Crippen LogP contribution in [0.2, 0.25) is 0 Å². The van der Waals surface area contributed by atoms with Crippen molar-refractivity contribution in [3.05, 3.63) is 34.2 Å². The zero-order valence-corrected chi connectivity index (χ0v) is 13.5. The normalized spacial score (nSPS) is 19.4. The number of aromatic nitrogens is 2. The molecule has 0 amide bonds. The number of hydrogen-bond acceptors (Lipinski definition) is 1. The number of halogens is 1. The third-order valence-corrected chi connectivity index (χ3v) is 5.50. The molecule has 0 aliphatic heterocycles. The summed E-state index contributed by atoms with van der Waals surface area (Å²) in [6.07, 6.45) is 6.14. The second kappa shape index (κ2) is 5.53. The number of hydrogen-bond donors (Lipinski definition) is 2. The van der Waals surface area contributed by atoms with Crippen LogP contribution in [0.3, 0.4) is 0 Å². The van der Waals surface area contributed by atoms with E-state index >= 15 is 0 Å². The van der Waals surface area contributed by atoms with Gasteiger partial charge in [-0.3, -0.25) is 0 Å². The van der Waals surface area contributed by atoms with Gasteiger partial charge in [-0.1, -0.05) is 32.8 Å². The van der Waals surface area contributed by atoms with Gasteiger partial charge in [0.2, 0.25) is 0 Å². The van der Waals surface area contributed by atoms with E-state index in [-0.39, 0.29) is 16.5 Å². The lowest BCUT2D eigenvalue weighted by atomic mass is 9.73. The van der Waals surface area contributed by atoms with Crippen LogP contribution in [0.1, 0.15) is 56.9 Å². The van der Waals surface area contributed by atoms with Crippen LogP contribution in [0.25, 0.3) is 11.0 Å². The van der Waals surface area contributed by atoms with Gasteiger partial charge in [0.25, 0.3) is 0 Å². The van der Waals surface area contributed by atoms with Gasteiger partial charge >= 0.3 is 5.69 Å². The van der Waals surface area contributed by atoms with Crippen molar-refractivity contribution >= 4 is 22.6 Å². The van der Waals surface area contributed by atoms with Crippen LogP contribution >= 0.6 is 11.6 Å². The minimum atomic E-state index is -0.161. The predicted molar refractivity (Wildman–Crippen MR) is 87.9 cm³/mol. The van der Waals surface area contributed by atoms with Crippen molar-refractivity contribution in [2.75, 3.05) is 0 Å². The molecule has 0 radical (unpaired) electrons. The molecule has 4 heteroatoms. The van der Waals surface area contributed by atoms with Gasteiger partial charge in [0.1, 0.15) is 0 Å². The lowest BCUT2D eigenvalue weighted by Gasteiger charge is -2.36. The van der Waals surface area contributed by atoms with E-state index in [0.29, 0.717) is 5.92 Å². The van der Waals surface area contributed by atoms with Gasteiger partial charge in [0.15, 0.2) is 0 Å². The van der Waals surface area contributed by atoms with Gasteiger partial charge in [-0.05, 0) is 48.3 Å². The van der Waals surface area contributed by atoms with E-state index < -0.39 is 0 Å². The molecule has 114 valence electrons. The predicted octanol–water partition coefficient (Wildman–Crippen LogP) is 4.74. The molecular formula is C17H23ClN2O. The highest BCUT2D eigenvalue weighted by Gasteiger charge is 2.41. The molecule has 0 bridgehead atoms. The van der Waals surface area contributed by atoms with Crippen molar-refractivity contribution in [1.29, 1.82) is 0 Å². The Bertz CT molecular complexity index is 679. The molecule has 1 saturated carbocycles. The molecule has 3 nitrogen and oxygen atoms in total. The van der Waals surface area contributed by atoms with Crippen molar-refractivity contribution in [3.63, 3.8) is 0 Å². The molecule has 1 aliphatic rings. The standard InChI is InChI=1S/C17H23ClN2O/c1-11(2)10-17(7-3-4-8-17)15(18)12-5-6-13-14(9-12)20-16(21)19-13/h5-6,9,11,15H,3-4,7-8,10H2,1-2H3,(H2,19,20,21). The van der Waals surface area contributed by atoms with E-state index in [4.69, 9.17) is 11.6 Å². The molecule has 1 aromatic heterocycles. The minimum Gasteiger partial charge on any atom is -0.306 e. The Balaban J connectivity index is 1.97. The smallest absolute Gasteiger partial charge is 0.306 e. The summed E-state index contributed by atoms with van der Waals surface area (Å²) in [6.45, 7) is 4.55. The molecule has 1 heterocycles. The highest BCUT2D eigenvalue weighted by Crippen LogP contribution is 2.54. The highest BCUT2D eigenvalue weighted by atomic mass is 35.5. The van der Waals surface area contributed by atoms with Crippen LogP contribution in [0.15, 0.2) is 23.0 Å². The number of imidazole rings is 1. The fourth-order valence-electron chi connectivity index (χ4n) is 4.01. The summed E-state index contributed by atoms with van der Waals surface area (Å²) in [5, 5.41) is 0.0187. The third-order valence-electron chi connectivity index (χ3n) is 4.78. The summed E-state index contributed by atoms with van der Waals surface area (Å²) in [5.74, 6) is 0.653. The quantitative estimate of drug-likeness (QED) is 0.787. The molecular weight excluding hydrogens is 284 g/mol. The first-order valence-electron chi connectivity index (χ1n) is 7.86. The number of H-pyrrole nitrogens is 2. The molecule has 1 aromatic carbocycles. The van der Waals surface area contributed by atoms with E-state index in [0.717, 1.165) is 16.6 Å². The first-order chi connectivity index (χ1) is 10.00. The molecule has 1 aliphatic carbocycles. The van der Waals surface area contributed by atoms with E-state index in [1.165, 1.54) is 32.1 Å². The van der Waals surface area contributed by atoms with Crippen molar-refractivity contribution < 1.29 is 0 Å². The number of benzene rings is 1. The topological polar surface area (TPSA) is 48.6 Å². The minimum absolute atomic E-state index is 0.0187. The molecule has 1 fully saturated rings. The van der Waals surface area contributed by atoms with E-state index in [2.05, 4.69) is 29.9 Å². The van der Waals surface area contributed by atoms with Crippen LogP contribution in [-0.4, -0.2) is 9.97 Å². The highest BCUT2D eigenvalue weighted by molar-refractivity contribution is 6.21. The van der Waals surface area contributed by atoms with Crippen molar-refractivity contribution in [3.8, 4) is 0 Å². The zero-order valence-electron chi connectivity index (χ0n) is 12.7. The average molecular weight is 307 g/mol. The zero-order chi connectivity index (χ0) is 15.0. The summed E-state index contributed by atoms with van der Waals surface area (Å²) in [4.78, 5) is 17.0.